The molecule has 0 spiro atoms. The van der Waals surface area contributed by atoms with E-state index in [9.17, 15) is 4.79 Å². The monoisotopic (exact) mass is 355 g/mol. The highest BCUT2D eigenvalue weighted by Crippen LogP contribution is 2.23. The molecule has 23 heavy (non-hydrogen) atoms. The number of rotatable bonds is 3. The van der Waals surface area contributed by atoms with Crippen molar-refractivity contribution < 1.29 is 4.79 Å². The summed E-state index contributed by atoms with van der Waals surface area (Å²) in [7, 11) is 1.79. The summed E-state index contributed by atoms with van der Waals surface area (Å²) in [4.78, 5) is 16.7. The zero-order valence-corrected chi connectivity index (χ0v) is 14.3. The smallest absolute Gasteiger partial charge is 0.258 e. The number of nitrogens with zero attached hydrogens (tertiary/aromatic N) is 3. The van der Waals surface area contributed by atoms with Gasteiger partial charge in [0.1, 0.15) is 0 Å². The fraction of sp³-hybridized carbons (Fsp3) is 0.400. The molecular weight excluding hydrogens is 337 g/mol. The number of amides is 1. The van der Waals surface area contributed by atoms with E-state index in [4.69, 9.17) is 11.6 Å². The summed E-state index contributed by atoms with van der Waals surface area (Å²) in [6, 6.07) is 6.74. The molecule has 0 unspecified atom stereocenters. The second-order valence-corrected chi connectivity index (χ2v) is 5.84. The molecule has 2 aromatic rings. The Morgan fingerprint density at radius 1 is 1.30 bits per heavy atom. The number of benzene rings is 1. The van der Waals surface area contributed by atoms with E-state index in [1.807, 2.05) is 0 Å². The molecule has 1 aliphatic rings. The molecule has 1 aromatic heterocycles. The second kappa shape index (κ2) is 7.77. The summed E-state index contributed by atoms with van der Waals surface area (Å²) < 4.78 is 1.62. The van der Waals surface area contributed by atoms with E-state index in [-0.39, 0.29) is 18.3 Å². The van der Waals surface area contributed by atoms with Gasteiger partial charge in [0.2, 0.25) is 5.95 Å². The minimum absolute atomic E-state index is 0. The third-order valence-corrected chi connectivity index (χ3v) is 4.07. The number of hydrogen-bond donors (Lipinski definition) is 2. The molecular formula is C15H19Cl2N5O. The molecule has 0 aliphatic carbocycles. The number of aromatic nitrogens is 3. The molecule has 8 heteroatoms. The predicted molar refractivity (Wildman–Crippen MR) is 92.5 cm³/mol. The van der Waals surface area contributed by atoms with Gasteiger partial charge in [-0.05, 0) is 50.2 Å². The third kappa shape index (κ3) is 4.22. The Morgan fingerprint density at radius 2 is 1.96 bits per heavy atom. The van der Waals surface area contributed by atoms with Crippen LogP contribution in [0, 0.1) is 0 Å². The molecule has 1 saturated heterocycles. The third-order valence-electron chi connectivity index (χ3n) is 3.82. The highest BCUT2D eigenvalue weighted by molar-refractivity contribution is 6.30. The number of hydrogen-bond acceptors (Lipinski definition) is 4. The van der Waals surface area contributed by atoms with Crippen LogP contribution in [0.4, 0.5) is 5.95 Å². The second-order valence-electron chi connectivity index (χ2n) is 5.40. The Hall–Kier alpha value is -1.63. The fourth-order valence-corrected chi connectivity index (χ4v) is 2.67. The zero-order valence-electron chi connectivity index (χ0n) is 12.8. The summed E-state index contributed by atoms with van der Waals surface area (Å²) >= 11 is 5.83. The summed E-state index contributed by atoms with van der Waals surface area (Å²) in [5, 5.41) is 11.2. The van der Waals surface area contributed by atoms with Gasteiger partial charge in [0, 0.05) is 23.6 Å². The van der Waals surface area contributed by atoms with Crippen LogP contribution in [-0.4, -0.2) is 33.8 Å². The van der Waals surface area contributed by atoms with Crippen molar-refractivity contribution in [2.75, 3.05) is 18.4 Å². The Morgan fingerprint density at radius 3 is 2.61 bits per heavy atom. The first-order valence-corrected chi connectivity index (χ1v) is 7.70. The van der Waals surface area contributed by atoms with E-state index in [1.54, 1.807) is 36.0 Å². The standard InChI is InChI=1S/C15H18ClN5O.ClH/c1-21-15(18-13(20-21)10-6-8-17-9-7-10)19-14(22)11-2-4-12(16)5-3-11;/h2-5,10,17H,6-9H2,1H3,(H,18,19,20,22);1H. The first-order valence-electron chi connectivity index (χ1n) is 7.32. The average molecular weight is 356 g/mol. The molecule has 124 valence electrons. The maximum absolute atomic E-state index is 12.2. The molecule has 1 aliphatic heterocycles. The highest BCUT2D eigenvalue weighted by Gasteiger charge is 2.21. The predicted octanol–water partition coefficient (Wildman–Crippen LogP) is 2.61. The van der Waals surface area contributed by atoms with Gasteiger partial charge in [0.05, 0.1) is 0 Å². The van der Waals surface area contributed by atoms with Gasteiger partial charge >= 0.3 is 0 Å². The number of piperidine rings is 1. The minimum Gasteiger partial charge on any atom is -0.317 e. The van der Waals surface area contributed by atoms with Crippen molar-refractivity contribution >= 4 is 35.9 Å². The normalized spacial score (nSPS) is 15.0. The Balaban J connectivity index is 0.00000192. The van der Waals surface area contributed by atoms with E-state index in [1.165, 1.54) is 0 Å². The molecule has 0 bridgehead atoms. The van der Waals surface area contributed by atoms with E-state index in [0.29, 0.717) is 22.5 Å². The Kier molecular flexibility index (Phi) is 5.98. The maximum atomic E-state index is 12.2. The highest BCUT2D eigenvalue weighted by atomic mass is 35.5. The van der Waals surface area contributed by atoms with Gasteiger partial charge in [-0.1, -0.05) is 11.6 Å². The van der Waals surface area contributed by atoms with Crippen LogP contribution in [0.3, 0.4) is 0 Å². The van der Waals surface area contributed by atoms with Gasteiger partial charge in [-0.3, -0.25) is 10.1 Å². The molecule has 6 nitrogen and oxygen atoms in total. The summed E-state index contributed by atoms with van der Waals surface area (Å²) in [5.74, 6) is 1.40. The van der Waals surface area contributed by atoms with Crippen molar-refractivity contribution in [3.63, 3.8) is 0 Å². The molecule has 0 saturated carbocycles. The SMILES string of the molecule is Cl.Cn1nc(C2CCNCC2)nc1NC(=O)c1ccc(Cl)cc1. The lowest BCUT2D eigenvalue weighted by molar-refractivity contribution is 0.102. The van der Waals surface area contributed by atoms with Crippen molar-refractivity contribution in [2.45, 2.75) is 18.8 Å². The molecule has 2 N–H and O–H groups in total. The number of aryl methyl sites for hydroxylation is 1. The van der Waals surface area contributed by atoms with E-state index >= 15 is 0 Å². The first kappa shape index (κ1) is 17.7. The first-order chi connectivity index (χ1) is 10.6. The number of carbonyl (C=O) groups excluding carboxylic acids is 1. The van der Waals surface area contributed by atoms with Crippen LogP contribution in [-0.2, 0) is 7.05 Å². The van der Waals surface area contributed by atoms with Crippen LogP contribution < -0.4 is 10.6 Å². The van der Waals surface area contributed by atoms with Gasteiger partial charge in [-0.2, -0.15) is 10.1 Å². The van der Waals surface area contributed by atoms with Gasteiger partial charge in [-0.15, -0.1) is 12.4 Å². The van der Waals surface area contributed by atoms with Crippen LogP contribution in [0.1, 0.15) is 34.9 Å². The number of anilines is 1. The van der Waals surface area contributed by atoms with Gasteiger partial charge in [0.15, 0.2) is 5.82 Å². The van der Waals surface area contributed by atoms with Crippen molar-refractivity contribution in [3.8, 4) is 0 Å². The molecule has 2 heterocycles. The molecule has 1 aromatic carbocycles. The lowest BCUT2D eigenvalue weighted by Gasteiger charge is -2.19. The number of halogens is 2. The van der Waals surface area contributed by atoms with Gasteiger partial charge in [-0.25, -0.2) is 4.68 Å². The van der Waals surface area contributed by atoms with Crippen LogP contribution in [0.2, 0.25) is 5.02 Å². The minimum atomic E-state index is -0.218. The lowest BCUT2D eigenvalue weighted by atomic mass is 9.98. The fourth-order valence-electron chi connectivity index (χ4n) is 2.54. The van der Waals surface area contributed by atoms with Gasteiger partial charge in [0.25, 0.3) is 5.91 Å². The van der Waals surface area contributed by atoms with Crippen LogP contribution in [0.25, 0.3) is 0 Å². The summed E-state index contributed by atoms with van der Waals surface area (Å²) in [6.45, 7) is 1.96. The zero-order chi connectivity index (χ0) is 15.5. The van der Waals surface area contributed by atoms with Crippen LogP contribution in [0.5, 0.6) is 0 Å². The Bertz CT molecular complexity index is 665. The quantitative estimate of drug-likeness (QED) is 0.887. The van der Waals surface area contributed by atoms with Crippen molar-refractivity contribution in [2.24, 2.45) is 7.05 Å². The van der Waals surface area contributed by atoms with Crippen molar-refractivity contribution in [1.82, 2.24) is 20.1 Å². The molecule has 1 amide bonds. The largest absolute Gasteiger partial charge is 0.317 e. The average Bonchev–Trinajstić information content (AvgIpc) is 2.90. The maximum Gasteiger partial charge on any atom is 0.258 e. The van der Waals surface area contributed by atoms with Gasteiger partial charge < -0.3 is 5.32 Å². The molecule has 0 radical (unpaired) electrons. The van der Waals surface area contributed by atoms with E-state index < -0.39 is 0 Å². The molecule has 3 rings (SSSR count). The van der Waals surface area contributed by atoms with E-state index in [0.717, 1.165) is 31.8 Å². The summed E-state index contributed by atoms with van der Waals surface area (Å²) in [5.41, 5.74) is 0.538. The van der Waals surface area contributed by atoms with Crippen molar-refractivity contribution in [3.05, 3.63) is 40.7 Å². The van der Waals surface area contributed by atoms with E-state index in [2.05, 4.69) is 20.7 Å². The lowest BCUT2D eigenvalue weighted by Crippen LogP contribution is -2.27. The molecule has 1 fully saturated rings. The summed E-state index contributed by atoms with van der Waals surface area (Å²) in [6.07, 6.45) is 2.04. The van der Waals surface area contributed by atoms with Crippen molar-refractivity contribution in [1.29, 1.82) is 0 Å². The molecule has 0 atom stereocenters. The Labute approximate surface area is 146 Å². The van der Waals surface area contributed by atoms with Crippen LogP contribution in [0.15, 0.2) is 24.3 Å². The topological polar surface area (TPSA) is 71.8 Å². The number of nitrogens with one attached hydrogen (secondary N) is 2. The number of carbonyl (C=O) groups is 1. The van der Waals surface area contributed by atoms with Crippen LogP contribution >= 0.6 is 24.0 Å².